The first kappa shape index (κ1) is 27.0. The highest BCUT2D eigenvalue weighted by atomic mass is 32.2. The number of hydrogen-bond donors (Lipinski definition) is 0. The smallest absolute Gasteiger partial charge is 0.268 e. The van der Waals surface area contributed by atoms with Crippen molar-refractivity contribution in [3.63, 3.8) is 0 Å². The lowest BCUT2D eigenvalue weighted by molar-refractivity contribution is 0.271. The van der Waals surface area contributed by atoms with Crippen molar-refractivity contribution < 1.29 is 42.0 Å². The van der Waals surface area contributed by atoms with Gasteiger partial charge in [0.2, 0.25) is 0 Å². The summed E-state index contributed by atoms with van der Waals surface area (Å²) in [6.45, 7) is 6.20. The van der Waals surface area contributed by atoms with E-state index in [9.17, 15) is 25.3 Å². The lowest BCUT2D eigenvalue weighted by Crippen LogP contribution is -2.24. The molecule has 0 rings (SSSR count). The van der Waals surface area contributed by atoms with Crippen LogP contribution in [-0.2, 0) is 59.1 Å². The molecule has 0 heterocycles. The third-order valence-electron chi connectivity index (χ3n) is 2.86. The molecule has 0 aromatic carbocycles. The van der Waals surface area contributed by atoms with Crippen LogP contribution in [-0.4, -0.2) is 60.8 Å². The molecule has 27 heavy (non-hydrogen) atoms. The summed E-state index contributed by atoms with van der Waals surface area (Å²) in [4.78, 5) is 0. The summed E-state index contributed by atoms with van der Waals surface area (Å²) in [5.41, 5.74) is -2.26. The maximum Gasteiger partial charge on any atom is 0.268 e. The van der Waals surface area contributed by atoms with Crippen molar-refractivity contribution in [1.82, 2.24) is 0 Å². The molecule has 0 N–H and O–H groups in total. The zero-order valence-corrected chi connectivity index (χ0v) is 19.1. The summed E-state index contributed by atoms with van der Waals surface area (Å²) in [6, 6.07) is 0. The van der Waals surface area contributed by atoms with Gasteiger partial charge in [0.15, 0.2) is 33.0 Å². The SMILES string of the molecule is CCOS(=O)C(C)OS(=O)(=O)CCCCCS(=O)(=O)OC(C)S(=O)OCC. The predicted molar refractivity (Wildman–Crippen MR) is 102 cm³/mol. The minimum absolute atomic E-state index is 0.159. The molecule has 0 aromatic rings. The number of hydrogen-bond acceptors (Lipinski definition) is 10. The van der Waals surface area contributed by atoms with Crippen molar-refractivity contribution in [2.75, 3.05) is 24.7 Å². The second-order valence-electron chi connectivity index (χ2n) is 5.25. The van der Waals surface area contributed by atoms with E-state index in [1.54, 1.807) is 13.8 Å². The normalized spacial score (nSPS) is 17.3. The van der Waals surface area contributed by atoms with Crippen molar-refractivity contribution >= 4 is 42.4 Å². The third kappa shape index (κ3) is 13.0. The monoisotopic (exact) mass is 472 g/mol. The summed E-state index contributed by atoms with van der Waals surface area (Å²) < 4.78 is 89.1. The van der Waals surface area contributed by atoms with E-state index in [4.69, 9.17) is 16.7 Å². The van der Waals surface area contributed by atoms with Gasteiger partial charge >= 0.3 is 0 Å². The Kier molecular flexibility index (Phi) is 13.3. The molecular weight excluding hydrogens is 444 g/mol. The molecule has 4 unspecified atom stereocenters. The average molecular weight is 473 g/mol. The molecule has 0 aliphatic rings. The van der Waals surface area contributed by atoms with Gasteiger partial charge in [0.25, 0.3) is 20.2 Å². The van der Waals surface area contributed by atoms with Crippen LogP contribution in [0.4, 0.5) is 0 Å². The fourth-order valence-electron chi connectivity index (χ4n) is 1.73. The Morgan fingerprint density at radius 2 is 1.04 bits per heavy atom. The first-order valence-electron chi connectivity index (χ1n) is 8.33. The van der Waals surface area contributed by atoms with E-state index in [0.29, 0.717) is 0 Å². The second-order valence-corrected chi connectivity index (χ2v) is 11.5. The van der Waals surface area contributed by atoms with Crippen molar-refractivity contribution in [2.45, 2.75) is 57.8 Å². The fourth-order valence-corrected chi connectivity index (χ4v) is 5.94. The molecule has 0 saturated carbocycles. The second kappa shape index (κ2) is 13.3. The molecular formula is C13H28O10S4. The molecule has 0 amide bonds. The summed E-state index contributed by atoms with van der Waals surface area (Å²) in [7, 11) is -7.81. The molecule has 0 radical (unpaired) electrons. The van der Waals surface area contributed by atoms with Gasteiger partial charge in [-0.2, -0.15) is 16.8 Å². The zero-order valence-electron chi connectivity index (χ0n) is 15.8. The lowest BCUT2D eigenvalue weighted by atomic mass is 10.3. The Labute approximate surface area is 166 Å². The van der Waals surface area contributed by atoms with Crippen LogP contribution in [0.25, 0.3) is 0 Å². The maximum atomic E-state index is 11.8. The van der Waals surface area contributed by atoms with Crippen LogP contribution in [0.3, 0.4) is 0 Å². The van der Waals surface area contributed by atoms with Crippen molar-refractivity contribution in [1.29, 1.82) is 0 Å². The third-order valence-corrected chi connectivity index (χ3v) is 8.06. The summed E-state index contributed by atoms with van der Waals surface area (Å²) in [5, 5.41) is 0. The van der Waals surface area contributed by atoms with Gasteiger partial charge in [-0.15, -0.1) is 0 Å². The molecule has 4 atom stereocenters. The van der Waals surface area contributed by atoms with E-state index >= 15 is 0 Å². The van der Waals surface area contributed by atoms with E-state index in [-0.39, 0.29) is 44.0 Å². The summed E-state index contributed by atoms with van der Waals surface area (Å²) >= 11 is -3.75. The highest BCUT2D eigenvalue weighted by Crippen LogP contribution is 2.11. The van der Waals surface area contributed by atoms with E-state index in [1.165, 1.54) is 13.8 Å². The van der Waals surface area contributed by atoms with Crippen molar-refractivity contribution in [3.05, 3.63) is 0 Å². The van der Waals surface area contributed by atoms with Crippen LogP contribution >= 0.6 is 0 Å². The van der Waals surface area contributed by atoms with Gasteiger partial charge in [0.05, 0.1) is 24.7 Å². The Bertz CT molecular complexity index is 615. The molecule has 0 fully saturated rings. The zero-order chi connectivity index (χ0) is 21.1. The molecule has 0 spiro atoms. The molecule has 10 nitrogen and oxygen atoms in total. The Hall–Kier alpha value is 0.0400. The maximum absolute atomic E-state index is 11.8. The van der Waals surface area contributed by atoms with Crippen LogP contribution in [0.2, 0.25) is 0 Å². The first-order valence-corrected chi connectivity index (χ1v) is 13.8. The first-order chi connectivity index (χ1) is 12.4. The minimum atomic E-state index is -3.91. The van der Waals surface area contributed by atoms with E-state index in [0.717, 1.165) is 0 Å². The average Bonchev–Trinajstić information content (AvgIpc) is 2.53. The van der Waals surface area contributed by atoms with Crippen LogP contribution in [0, 0.1) is 0 Å². The van der Waals surface area contributed by atoms with Crippen molar-refractivity contribution in [2.24, 2.45) is 0 Å². The number of unbranched alkanes of at least 4 members (excludes halogenated alkanes) is 2. The number of rotatable bonds is 16. The largest absolute Gasteiger partial charge is 0.289 e. The van der Waals surface area contributed by atoms with Crippen LogP contribution < -0.4 is 0 Å². The summed E-state index contributed by atoms with van der Waals surface area (Å²) in [6.07, 6.45) is 0.607. The topological polar surface area (TPSA) is 139 Å². The Morgan fingerprint density at radius 3 is 1.33 bits per heavy atom. The minimum Gasteiger partial charge on any atom is -0.289 e. The van der Waals surface area contributed by atoms with Gasteiger partial charge in [0.1, 0.15) is 0 Å². The fraction of sp³-hybridized carbons (Fsp3) is 1.00. The van der Waals surface area contributed by atoms with Gasteiger partial charge in [-0.25, -0.2) is 8.42 Å². The predicted octanol–water partition coefficient (Wildman–Crippen LogP) is 0.942. The van der Waals surface area contributed by atoms with E-state index < -0.39 is 53.3 Å². The molecule has 0 aliphatic heterocycles. The molecule has 0 aliphatic carbocycles. The van der Waals surface area contributed by atoms with Gasteiger partial charge in [-0.1, -0.05) is 6.42 Å². The molecule has 164 valence electrons. The quantitative estimate of drug-likeness (QED) is 0.235. The molecule has 14 heteroatoms. The standard InChI is InChI=1S/C13H28O10S4/c1-5-20-24(14)12(3)22-26(16,17)10-8-7-9-11-27(18,19)23-13(4)25(15)21-6-2/h12-13H,5-11H2,1-4H3. The van der Waals surface area contributed by atoms with E-state index in [2.05, 4.69) is 0 Å². The van der Waals surface area contributed by atoms with Gasteiger partial charge in [0, 0.05) is 0 Å². The molecule has 0 aromatic heterocycles. The highest BCUT2D eigenvalue weighted by Gasteiger charge is 2.23. The van der Waals surface area contributed by atoms with Crippen LogP contribution in [0.15, 0.2) is 0 Å². The Morgan fingerprint density at radius 1 is 0.704 bits per heavy atom. The van der Waals surface area contributed by atoms with Gasteiger partial charge in [-0.3, -0.25) is 16.7 Å². The lowest BCUT2D eigenvalue weighted by Gasteiger charge is -2.12. The van der Waals surface area contributed by atoms with Crippen molar-refractivity contribution in [3.8, 4) is 0 Å². The molecule has 0 saturated heterocycles. The molecule has 0 bridgehead atoms. The van der Waals surface area contributed by atoms with Crippen LogP contribution in [0.5, 0.6) is 0 Å². The van der Waals surface area contributed by atoms with Crippen LogP contribution in [0.1, 0.15) is 47.0 Å². The van der Waals surface area contributed by atoms with Gasteiger partial charge in [-0.05, 0) is 40.5 Å². The Balaban J connectivity index is 4.23. The van der Waals surface area contributed by atoms with Gasteiger partial charge < -0.3 is 0 Å². The highest BCUT2D eigenvalue weighted by molar-refractivity contribution is 7.88. The summed E-state index contributed by atoms with van der Waals surface area (Å²) in [5.74, 6) is -0.682. The van der Waals surface area contributed by atoms with E-state index in [1.807, 2.05) is 0 Å².